The van der Waals surface area contributed by atoms with Crippen molar-refractivity contribution < 1.29 is 9.59 Å². The molecule has 0 aliphatic rings. The van der Waals surface area contributed by atoms with E-state index in [1.807, 2.05) is 13.8 Å². The lowest BCUT2D eigenvalue weighted by Crippen LogP contribution is -2.08. The molecular formula is C9H19NO2. The first-order valence-corrected chi connectivity index (χ1v) is 3.90. The van der Waals surface area contributed by atoms with Gasteiger partial charge in [-0.1, -0.05) is 19.9 Å². The monoisotopic (exact) mass is 173 g/mol. The summed E-state index contributed by atoms with van der Waals surface area (Å²) >= 11 is 0. The summed E-state index contributed by atoms with van der Waals surface area (Å²) in [5, 5.41) is 2.40. The Morgan fingerprint density at radius 2 is 1.75 bits per heavy atom. The fourth-order valence-electron chi connectivity index (χ4n) is 0.131. The summed E-state index contributed by atoms with van der Waals surface area (Å²) in [4.78, 5) is 18.8. The number of ketones is 1. The summed E-state index contributed by atoms with van der Waals surface area (Å²) in [6.45, 7) is 11.0. The molecule has 0 aromatic rings. The molecule has 0 unspecified atom stereocenters. The zero-order valence-electron chi connectivity index (χ0n) is 8.39. The number of hydrogen-bond donors (Lipinski definition) is 1. The Balaban J connectivity index is -0.000000118. The zero-order chi connectivity index (χ0) is 10.4. The van der Waals surface area contributed by atoms with Gasteiger partial charge in [-0.15, -0.1) is 6.58 Å². The van der Waals surface area contributed by atoms with Gasteiger partial charge >= 0.3 is 0 Å². The third kappa shape index (κ3) is 156. The maximum atomic E-state index is 9.44. The highest BCUT2D eigenvalue weighted by molar-refractivity contribution is 5.72. The molecule has 0 aromatic heterocycles. The van der Waals surface area contributed by atoms with Gasteiger partial charge in [0.15, 0.2) is 0 Å². The van der Waals surface area contributed by atoms with Crippen molar-refractivity contribution in [1.82, 2.24) is 5.32 Å². The average Bonchev–Trinajstić information content (AvgIpc) is 2.04. The molecular weight excluding hydrogens is 154 g/mol. The number of nitrogens with one attached hydrogen (secondary N) is 1. The zero-order valence-corrected chi connectivity index (χ0v) is 8.39. The van der Waals surface area contributed by atoms with Crippen LogP contribution in [0.2, 0.25) is 0 Å². The number of rotatable bonds is 3. The van der Waals surface area contributed by atoms with Gasteiger partial charge in [0.2, 0.25) is 6.41 Å². The van der Waals surface area contributed by atoms with Gasteiger partial charge in [-0.25, -0.2) is 0 Å². The smallest absolute Gasteiger partial charge is 0.207 e. The van der Waals surface area contributed by atoms with Crippen LogP contribution in [-0.2, 0) is 9.59 Å². The Hall–Kier alpha value is -1.12. The highest BCUT2D eigenvalue weighted by Gasteiger charge is 1.63. The Labute approximate surface area is 74.9 Å². The first-order chi connectivity index (χ1) is 5.65. The second-order valence-corrected chi connectivity index (χ2v) is 1.72. The molecule has 12 heavy (non-hydrogen) atoms. The van der Waals surface area contributed by atoms with Crippen molar-refractivity contribution in [2.24, 2.45) is 0 Å². The molecule has 0 bridgehead atoms. The predicted molar refractivity (Wildman–Crippen MR) is 52.0 cm³/mol. The molecule has 0 heterocycles. The number of amides is 1. The minimum atomic E-state index is 0.167. The summed E-state index contributed by atoms with van der Waals surface area (Å²) in [5.74, 6) is 0.167. The molecule has 0 aliphatic carbocycles. The van der Waals surface area contributed by atoms with Gasteiger partial charge in [0.05, 0.1) is 0 Å². The van der Waals surface area contributed by atoms with Crippen LogP contribution in [0.5, 0.6) is 0 Å². The van der Waals surface area contributed by atoms with Gasteiger partial charge in [-0.2, -0.15) is 0 Å². The largest absolute Gasteiger partial charge is 0.355 e. The molecule has 0 atom stereocenters. The van der Waals surface area contributed by atoms with Crippen LogP contribution in [-0.4, -0.2) is 18.7 Å². The molecule has 1 N–H and O–H groups in total. The minimum absolute atomic E-state index is 0.167. The van der Waals surface area contributed by atoms with E-state index in [0.717, 1.165) is 0 Å². The van der Waals surface area contributed by atoms with E-state index in [-0.39, 0.29) is 5.78 Å². The van der Waals surface area contributed by atoms with Crippen LogP contribution in [0.3, 0.4) is 0 Å². The van der Waals surface area contributed by atoms with E-state index in [1.165, 1.54) is 13.8 Å². The van der Waals surface area contributed by atoms with Crippen molar-refractivity contribution in [1.29, 1.82) is 0 Å². The Kier molecular flexibility index (Phi) is 32.1. The highest BCUT2D eigenvalue weighted by atomic mass is 16.1. The second-order valence-electron chi connectivity index (χ2n) is 1.72. The lowest BCUT2D eigenvalue weighted by molar-refractivity contribution is -0.115. The van der Waals surface area contributed by atoms with Crippen LogP contribution < -0.4 is 5.32 Å². The lowest BCUT2D eigenvalue weighted by Gasteiger charge is -1.81. The van der Waals surface area contributed by atoms with Gasteiger partial charge in [-0.05, 0) is 13.8 Å². The van der Waals surface area contributed by atoms with Crippen molar-refractivity contribution in [3.05, 3.63) is 12.7 Å². The molecule has 0 fully saturated rings. The van der Waals surface area contributed by atoms with Crippen molar-refractivity contribution in [2.75, 3.05) is 6.54 Å². The lowest BCUT2D eigenvalue weighted by atomic mass is 10.6. The molecule has 0 saturated heterocycles. The van der Waals surface area contributed by atoms with Crippen LogP contribution in [0.15, 0.2) is 12.7 Å². The normalized spacial score (nSPS) is 6.00. The third-order valence-electron chi connectivity index (χ3n) is 0.346. The summed E-state index contributed by atoms with van der Waals surface area (Å²) in [5.41, 5.74) is 0. The van der Waals surface area contributed by atoms with E-state index in [4.69, 9.17) is 0 Å². The SMILES string of the molecule is C=CCNC=O.CC.CC(C)=O. The first kappa shape index (κ1) is 17.1. The molecule has 3 heteroatoms. The molecule has 1 amide bonds. The van der Waals surface area contributed by atoms with E-state index in [0.29, 0.717) is 13.0 Å². The number of hydrogen-bond acceptors (Lipinski definition) is 2. The van der Waals surface area contributed by atoms with Crippen LogP contribution in [0.1, 0.15) is 27.7 Å². The van der Waals surface area contributed by atoms with Crippen molar-refractivity contribution in [3.8, 4) is 0 Å². The quantitative estimate of drug-likeness (QED) is 0.400. The maximum absolute atomic E-state index is 9.44. The molecule has 0 saturated carbocycles. The number of Topliss-reactive ketones (excluding diaryl/α,β-unsaturated/α-hetero) is 1. The molecule has 0 radical (unpaired) electrons. The fourth-order valence-corrected chi connectivity index (χ4v) is 0.131. The summed E-state index contributed by atoms with van der Waals surface area (Å²) in [6, 6.07) is 0. The Morgan fingerprint density at radius 1 is 1.42 bits per heavy atom. The molecule has 0 spiro atoms. The summed E-state index contributed by atoms with van der Waals surface area (Å²) < 4.78 is 0. The van der Waals surface area contributed by atoms with Gasteiger partial charge in [0, 0.05) is 6.54 Å². The van der Waals surface area contributed by atoms with Gasteiger partial charge in [0.25, 0.3) is 0 Å². The van der Waals surface area contributed by atoms with E-state index >= 15 is 0 Å². The minimum Gasteiger partial charge on any atom is -0.355 e. The van der Waals surface area contributed by atoms with Crippen LogP contribution in [0, 0.1) is 0 Å². The van der Waals surface area contributed by atoms with Crippen LogP contribution >= 0.6 is 0 Å². The van der Waals surface area contributed by atoms with Crippen LogP contribution in [0.25, 0.3) is 0 Å². The van der Waals surface area contributed by atoms with Crippen molar-refractivity contribution >= 4 is 12.2 Å². The van der Waals surface area contributed by atoms with Gasteiger partial charge in [-0.3, -0.25) is 4.79 Å². The fraction of sp³-hybridized carbons (Fsp3) is 0.556. The predicted octanol–water partition coefficient (Wildman–Crippen LogP) is 1.54. The van der Waals surface area contributed by atoms with Crippen molar-refractivity contribution in [2.45, 2.75) is 27.7 Å². The van der Waals surface area contributed by atoms with E-state index in [9.17, 15) is 9.59 Å². The summed E-state index contributed by atoms with van der Waals surface area (Å²) in [7, 11) is 0. The standard InChI is InChI=1S/C4H7NO.C3H6O.C2H6/c1-2-3-5-4-6;1-3(2)4;1-2/h2,4H,1,3H2,(H,5,6);1-2H3;1-2H3. The number of carbonyl (C=O) groups excluding carboxylic acids is 2. The maximum Gasteiger partial charge on any atom is 0.207 e. The first-order valence-electron chi connectivity index (χ1n) is 3.90. The molecule has 0 rings (SSSR count). The van der Waals surface area contributed by atoms with E-state index in [1.54, 1.807) is 6.08 Å². The summed E-state index contributed by atoms with van der Waals surface area (Å²) in [6.07, 6.45) is 2.26. The highest BCUT2D eigenvalue weighted by Crippen LogP contribution is 1.50. The average molecular weight is 173 g/mol. The van der Waals surface area contributed by atoms with E-state index in [2.05, 4.69) is 11.9 Å². The molecule has 0 aromatic carbocycles. The van der Waals surface area contributed by atoms with Gasteiger partial charge in [0.1, 0.15) is 5.78 Å². The van der Waals surface area contributed by atoms with Crippen LogP contribution in [0.4, 0.5) is 0 Å². The Bertz CT molecular complexity index is 99.1. The third-order valence-corrected chi connectivity index (χ3v) is 0.346. The molecule has 72 valence electrons. The molecule has 3 nitrogen and oxygen atoms in total. The number of carbonyl (C=O) groups is 2. The van der Waals surface area contributed by atoms with E-state index < -0.39 is 0 Å². The van der Waals surface area contributed by atoms with Gasteiger partial charge < -0.3 is 10.1 Å². The molecule has 0 aliphatic heterocycles. The second kappa shape index (κ2) is 22.5. The topological polar surface area (TPSA) is 46.2 Å². The van der Waals surface area contributed by atoms with Crippen molar-refractivity contribution in [3.63, 3.8) is 0 Å². The Morgan fingerprint density at radius 3 is 1.83 bits per heavy atom.